The van der Waals surface area contributed by atoms with E-state index >= 15 is 0 Å². The van der Waals surface area contributed by atoms with E-state index < -0.39 is 25.2 Å². The first-order chi connectivity index (χ1) is 7.92. The first-order valence-corrected chi connectivity index (χ1v) is 14.9. The van der Waals surface area contributed by atoms with E-state index in [1.807, 2.05) is 37.4 Å². The minimum absolute atomic E-state index is 0. The maximum atomic E-state index is 10.1. The summed E-state index contributed by atoms with van der Waals surface area (Å²) in [5.74, 6) is 0. The van der Waals surface area contributed by atoms with Gasteiger partial charge in [0.1, 0.15) is 0 Å². The van der Waals surface area contributed by atoms with E-state index in [2.05, 4.69) is 13.1 Å². The predicted molar refractivity (Wildman–Crippen MR) is 97.1 cm³/mol. The van der Waals surface area contributed by atoms with Gasteiger partial charge in [0.05, 0.1) is 0 Å². The molecule has 1 aromatic rings. The fourth-order valence-corrected chi connectivity index (χ4v) is 9.38. The molecule has 0 aliphatic carbocycles. The summed E-state index contributed by atoms with van der Waals surface area (Å²) in [6.45, 7) is 11.6. The Labute approximate surface area is 128 Å². The van der Waals surface area contributed by atoms with E-state index in [1.54, 1.807) is 13.1 Å². The highest BCUT2D eigenvalue weighted by molar-refractivity contribution is 6.90. The van der Waals surface area contributed by atoms with Crippen molar-refractivity contribution >= 4 is 35.6 Å². The molecule has 0 saturated heterocycles. The van der Waals surface area contributed by atoms with Gasteiger partial charge in [0.25, 0.3) is 0 Å². The van der Waals surface area contributed by atoms with Crippen molar-refractivity contribution < 1.29 is 13.7 Å². The molecule has 0 aliphatic heterocycles. The molecule has 0 aromatic heterocycles. The fourth-order valence-electron chi connectivity index (χ4n) is 1.96. The highest BCUT2D eigenvalue weighted by atomic mass is 28.4. The van der Waals surface area contributed by atoms with Crippen LogP contribution in [0.5, 0.6) is 0 Å². The lowest BCUT2D eigenvalue weighted by atomic mass is 10.4. The number of hydrogen-bond donors (Lipinski definition) is 2. The molecule has 3 nitrogen and oxygen atoms in total. The van der Waals surface area contributed by atoms with Gasteiger partial charge in [0, 0.05) is 0 Å². The van der Waals surface area contributed by atoms with Crippen LogP contribution >= 0.6 is 0 Å². The second-order valence-electron chi connectivity index (χ2n) is 6.20. The van der Waals surface area contributed by atoms with Crippen molar-refractivity contribution in [3.8, 4) is 0 Å². The van der Waals surface area contributed by atoms with Crippen molar-refractivity contribution in [2.24, 2.45) is 0 Å². The minimum Gasteiger partial charge on any atom is -0.432 e. The van der Waals surface area contributed by atoms with Crippen LogP contribution in [-0.2, 0) is 4.12 Å². The van der Waals surface area contributed by atoms with Crippen molar-refractivity contribution in [1.29, 1.82) is 0 Å². The Hall–Kier alpha value is -0.249. The Balaban J connectivity index is 0. The molecule has 1 rings (SSSR count). The molecular weight excluding hydrogens is 300 g/mol. The van der Waals surface area contributed by atoms with Crippen molar-refractivity contribution in [3.63, 3.8) is 0 Å². The average molecular weight is 333 g/mol. The van der Waals surface area contributed by atoms with E-state index in [1.165, 1.54) is 0 Å². The molecule has 0 radical (unpaired) electrons. The summed E-state index contributed by atoms with van der Waals surface area (Å²) in [7, 11) is -6.78. The lowest BCUT2D eigenvalue weighted by Crippen LogP contribution is -2.53. The highest BCUT2D eigenvalue weighted by Gasteiger charge is 2.34. The van der Waals surface area contributed by atoms with Gasteiger partial charge in [-0.1, -0.05) is 39.1 Å². The average Bonchev–Trinajstić information content (AvgIpc) is 2.13. The zero-order valence-electron chi connectivity index (χ0n) is 12.1. The molecular formula is C14H32O3Si3. The summed E-state index contributed by atoms with van der Waals surface area (Å²) >= 11 is 0. The molecule has 0 saturated carbocycles. The third-order valence-corrected chi connectivity index (χ3v) is 10.3. The van der Waals surface area contributed by atoms with Gasteiger partial charge < -0.3 is 13.7 Å². The Morgan fingerprint density at radius 3 is 1.40 bits per heavy atom. The second-order valence-corrected chi connectivity index (χ2v) is 17.2. The topological polar surface area (TPSA) is 49.7 Å². The van der Waals surface area contributed by atoms with E-state index in [-0.39, 0.29) is 14.9 Å². The fraction of sp³-hybridized carbons (Fsp3) is 0.571. The van der Waals surface area contributed by atoms with Crippen LogP contribution in [0.2, 0.25) is 39.3 Å². The largest absolute Gasteiger partial charge is 0.432 e. The Kier molecular flexibility index (Phi) is 7.88. The van der Waals surface area contributed by atoms with Crippen LogP contribution in [0.1, 0.15) is 14.9 Å². The normalized spacial score (nSPS) is 12.4. The summed E-state index contributed by atoms with van der Waals surface area (Å²) in [6.07, 6.45) is 0. The third kappa shape index (κ3) is 6.47. The van der Waals surface area contributed by atoms with Gasteiger partial charge >= 0.3 is 8.56 Å². The Bertz CT molecular complexity index is 403. The Morgan fingerprint density at radius 1 is 0.750 bits per heavy atom. The SMILES string of the molecule is C.C.C[Si](C)(O)O[Si](C)(C)c1ccc([Si](C)(C)O)cc1. The molecule has 6 heteroatoms. The van der Waals surface area contributed by atoms with Gasteiger partial charge in [-0.05, 0) is 49.7 Å². The van der Waals surface area contributed by atoms with Crippen LogP contribution in [0.4, 0.5) is 0 Å². The molecule has 0 amide bonds. The van der Waals surface area contributed by atoms with Crippen LogP contribution in [0.25, 0.3) is 0 Å². The molecule has 2 N–H and O–H groups in total. The standard InChI is InChI=1S/C12H24O3Si3.2CH4/c1-16(2,13)11-7-9-12(10-8-11)17(3,4)15-18(5,6)14;;/h7-10,13-14H,1-6H3;2*1H4. The molecule has 0 fully saturated rings. The quantitative estimate of drug-likeness (QED) is 0.833. The number of benzene rings is 1. The van der Waals surface area contributed by atoms with Crippen LogP contribution in [0.15, 0.2) is 24.3 Å². The molecule has 1 aromatic carbocycles. The summed E-state index contributed by atoms with van der Waals surface area (Å²) in [4.78, 5) is 20.0. The highest BCUT2D eigenvalue weighted by Crippen LogP contribution is 2.12. The van der Waals surface area contributed by atoms with Gasteiger partial charge in [0.2, 0.25) is 16.6 Å². The lowest BCUT2D eigenvalue weighted by molar-refractivity contribution is 0.391. The number of rotatable bonds is 4. The minimum atomic E-state index is -2.50. The van der Waals surface area contributed by atoms with Gasteiger partial charge in [0.15, 0.2) is 0 Å². The maximum absolute atomic E-state index is 10.1. The molecule has 0 unspecified atom stereocenters. The molecule has 0 heterocycles. The molecule has 0 atom stereocenters. The van der Waals surface area contributed by atoms with Crippen LogP contribution in [0.3, 0.4) is 0 Å². The maximum Gasteiger partial charge on any atom is 0.318 e. The monoisotopic (exact) mass is 332 g/mol. The number of hydrogen-bond acceptors (Lipinski definition) is 3. The molecule has 0 aliphatic rings. The summed E-state index contributed by atoms with van der Waals surface area (Å²) < 4.78 is 5.92. The van der Waals surface area contributed by atoms with Crippen LogP contribution in [0, 0.1) is 0 Å². The van der Waals surface area contributed by atoms with Gasteiger partial charge in [-0.2, -0.15) is 0 Å². The second kappa shape index (κ2) is 7.15. The predicted octanol–water partition coefficient (Wildman–Crippen LogP) is 2.49. The van der Waals surface area contributed by atoms with Gasteiger partial charge in [-0.15, -0.1) is 0 Å². The molecule has 0 spiro atoms. The van der Waals surface area contributed by atoms with Crippen LogP contribution in [-0.4, -0.2) is 34.8 Å². The molecule has 0 bridgehead atoms. The lowest BCUT2D eigenvalue weighted by Gasteiger charge is -2.30. The van der Waals surface area contributed by atoms with Gasteiger partial charge in [-0.25, -0.2) is 0 Å². The van der Waals surface area contributed by atoms with E-state index in [0.717, 1.165) is 10.4 Å². The Morgan fingerprint density at radius 2 is 1.10 bits per heavy atom. The third-order valence-electron chi connectivity index (χ3n) is 2.79. The summed E-state index contributed by atoms with van der Waals surface area (Å²) in [6, 6.07) is 8.05. The first-order valence-electron chi connectivity index (χ1n) is 6.18. The van der Waals surface area contributed by atoms with E-state index in [0.29, 0.717) is 0 Å². The van der Waals surface area contributed by atoms with Gasteiger partial charge in [-0.3, -0.25) is 0 Å². The van der Waals surface area contributed by atoms with Crippen molar-refractivity contribution in [3.05, 3.63) is 24.3 Å². The van der Waals surface area contributed by atoms with Crippen molar-refractivity contribution in [2.45, 2.75) is 54.1 Å². The van der Waals surface area contributed by atoms with E-state index in [9.17, 15) is 9.59 Å². The molecule has 20 heavy (non-hydrogen) atoms. The first kappa shape index (κ1) is 22.0. The molecule has 118 valence electrons. The summed E-state index contributed by atoms with van der Waals surface area (Å²) in [5.41, 5.74) is 0. The van der Waals surface area contributed by atoms with Crippen molar-refractivity contribution in [1.82, 2.24) is 0 Å². The van der Waals surface area contributed by atoms with Crippen LogP contribution < -0.4 is 10.4 Å². The van der Waals surface area contributed by atoms with Crippen molar-refractivity contribution in [2.75, 3.05) is 0 Å². The zero-order valence-corrected chi connectivity index (χ0v) is 15.1. The van der Waals surface area contributed by atoms with E-state index in [4.69, 9.17) is 4.12 Å². The summed E-state index contributed by atoms with van der Waals surface area (Å²) in [5, 5.41) is 2.18. The zero-order chi connectivity index (χ0) is 14.2. The smallest absolute Gasteiger partial charge is 0.318 e.